The minimum absolute atomic E-state index is 0.107. The second-order valence-corrected chi connectivity index (χ2v) is 6.43. The molecule has 0 spiro atoms. The van der Waals surface area contributed by atoms with Crippen LogP contribution in [0.5, 0.6) is 0 Å². The van der Waals surface area contributed by atoms with E-state index in [0.717, 1.165) is 37.8 Å². The molecule has 106 valence electrons. The van der Waals surface area contributed by atoms with E-state index in [-0.39, 0.29) is 11.9 Å². The van der Waals surface area contributed by atoms with Crippen LogP contribution in [0.4, 0.5) is 5.69 Å². The Morgan fingerprint density at radius 1 is 1.40 bits per heavy atom. The number of aryl methyl sites for hydroxylation is 1. The predicted molar refractivity (Wildman–Crippen MR) is 84.8 cm³/mol. The highest BCUT2D eigenvalue weighted by atomic mass is 32.1. The lowest BCUT2D eigenvalue weighted by atomic mass is 9.67. The number of anilines is 1. The van der Waals surface area contributed by atoms with Crippen molar-refractivity contribution in [3.8, 4) is 0 Å². The van der Waals surface area contributed by atoms with Gasteiger partial charge < -0.3 is 10.6 Å². The molecule has 1 aromatic carbocycles. The van der Waals surface area contributed by atoms with Crippen molar-refractivity contribution in [2.24, 2.45) is 11.1 Å². The summed E-state index contributed by atoms with van der Waals surface area (Å²) in [6.45, 7) is 2.11. The highest BCUT2D eigenvalue weighted by Crippen LogP contribution is 2.45. The standard InChI is InChI=1S/C16H20N2OS/c1-11-7-8-12-5-2-3-6-13(12)18(11)15(19)16(14(17)20)9-4-10-16/h2-3,5-6,11H,4,7-10H2,1H3,(H2,17,20). The van der Waals surface area contributed by atoms with Crippen LogP contribution in [0.25, 0.3) is 0 Å². The Bertz CT molecular complexity index is 565. The number of benzene rings is 1. The van der Waals surface area contributed by atoms with Gasteiger partial charge in [0.05, 0.1) is 10.4 Å². The van der Waals surface area contributed by atoms with Crippen LogP contribution in [0.2, 0.25) is 0 Å². The van der Waals surface area contributed by atoms with Crippen LogP contribution in [0.3, 0.4) is 0 Å². The number of hydrogen-bond acceptors (Lipinski definition) is 2. The number of nitrogens with zero attached hydrogens (tertiary/aromatic N) is 1. The molecule has 0 saturated heterocycles. The molecule has 0 bridgehead atoms. The Morgan fingerprint density at radius 3 is 2.70 bits per heavy atom. The maximum atomic E-state index is 13.1. The number of nitrogens with two attached hydrogens (primary N) is 1. The molecule has 1 aliphatic heterocycles. The fourth-order valence-electron chi connectivity index (χ4n) is 3.32. The lowest BCUT2D eigenvalue weighted by molar-refractivity contribution is -0.128. The zero-order chi connectivity index (χ0) is 14.3. The van der Waals surface area contributed by atoms with Crippen LogP contribution in [-0.2, 0) is 11.2 Å². The second kappa shape index (κ2) is 4.85. The van der Waals surface area contributed by atoms with Crippen LogP contribution in [0.1, 0.15) is 38.2 Å². The van der Waals surface area contributed by atoms with Gasteiger partial charge in [0, 0.05) is 11.7 Å². The van der Waals surface area contributed by atoms with E-state index in [1.165, 1.54) is 5.56 Å². The van der Waals surface area contributed by atoms with E-state index < -0.39 is 5.41 Å². The van der Waals surface area contributed by atoms with E-state index in [4.69, 9.17) is 18.0 Å². The molecular weight excluding hydrogens is 268 g/mol. The molecule has 3 nitrogen and oxygen atoms in total. The van der Waals surface area contributed by atoms with Crippen molar-refractivity contribution < 1.29 is 4.79 Å². The maximum absolute atomic E-state index is 13.1. The molecule has 0 radical (unpaired) electrons. The first kappa shape index (κ1) is 13.6. The molecule has 2 aliphatic rings. The summed E-state index contributed by atoms with van der Waals surface area (Å²) < 4.78 is 0. The number of carbonyl (C=O) groups is 1. The van der Waals surface area contributed by atoms with Gasteiger partial charge in [0.1, 0.15) is 0 Å². The summed E-state index contributed by atoms with van der Waals surface area (Å²) >= 11 is 5.19. The fourth-order valence-corrected chi connectivity index (χ4v) is 3.62. The van der Waals surface area contributed by atoms with Gasteiger partial charge in [0.15, 0.2) is 0 Å². The third-order valence-corrected chi connectivity index (χ3v) is 5.22. The molecule has 1 amide bonds. The molecule has 3 rings (SSSR count). The summed E-state index contributed by atoms with van der Waals surface area (Å²) in [5.41, 5.74) is 7.59. The number of carbonyl (C=O) groups excluding carboxylic acids is 1. The van der Waals surface area contributed by atoms with Crippen molar-refractivity contribution in [3.63, 3.8) is 0 Å². The number of thiocarbonyl (C=S) groups is 1. The average Bonchev–Trinajstić information content (AvgIpc) is 2.36. The lowest BCUT2D eigenvalue weighted by Gasteiger charge is -2.46. The largest absolute Gasteiger partial charge is 0.392 e. The Morgan fingerprint density at radius 2 is 2.10 bits per heavy atom. The molecule has 4 heteroatoms. The highest BCUT2D eigenvalue weighted by molar-refractivity contribution is 7.80. The molecular formula is C16H20N2OS. The van der Waals surface area contributed by atoms with E-state index in [0.29, 0.717) is 4.99 Å². The van der Waals surface area contributed by atoms with Gasteiger partial charge in [-0.1, -0.05) is 36.8 Å². The average molecular weight is 288 g/mol. The van der Waals surface area contributed by atoms with Gasteiger partial charge in [-0.3, -0.25) is 4.79 Å². The van der Waals surface area contributed by atoms with Crippen LogP contribution in [0, 0.1) is 5.41 Å². The highest BCUT2D eigenvalue weighted by Gasteiger charge is 2.50. The molecule has 1 saturated carbocycles. The van der Waals surface area contributed by atoms with Crippen LogP contribution in [0.15, 0.2) is 24.3 Å². The van der Waals surface area contributed by atoms with E-state index in [2.05, 4.69) is 13.0 Å². The van der Waals surface area contributed by atoms with Gasteiger partial charge >= 0.3 is 0 Å². The second-order valence-electron chi connectivity index (χ2n) is 5.99. The van der Waals surface area contributed by atoms with Crippen molar-refractivity contribution in [2.75, 3.05) is 4.90 Å². The summed E-state index contributed by atoms with van der Waals surface area (Å²) in [6.07, 6.45) is 4.66. The van der Waals surface area contributed by atoms with Gasteiger partial charge in [-0.25, -0.2) is 0 Å². The van der Waals surface area contributed by atoms with Crippen molar-refractivity contribution in [2.45, 2.75) is 45.1 Å². The van der Waals surface area contributed by atoms with Crippen molar-refractivity contribution >= 4 is 28.8 Å². The summed E-state index contributed by atoms with van der Waals surface area (Å²) in [5.74, 6) is 0.107. The topological polar surface area (TPSA) is 46.3 Å². The third-order valence-electron chi connectivity index (χ3n) is 4.83. The first-order valence-corrected chi connectivity index (χ1v) is 7.68. The molecule has 20 heavy (non-hydrogen) atoms. The molecule has 1 aromatic rings. The maximum Gasteiger partial charge on any atom is 0.240 e. The quantitative estimate of drug-likeness (QED) is 0.851. The number of fused-ring (bicyclic) bond motifs is 1. The van der Waals surface area contributed by atoms with Gasteiger partial charge in [0.2, 0.25) is 5.91 Å². The van der Waals surface area contributed by atoms with Crippen LogP contribution < -0.4 is 10.6 Å². The lowest BCUT2D eigenvalue weighted by Crippen LogP contribution is -2.57. The Hall–Kier alpha value is -1.42. The molecule has 1 fully saturated rings. The van der Waals surface area contributed by atoms with Crippen molar-refractivity contribution in [1.82, 2.24) is 0 Å². The number of amides is 1. The van der Waals surface area contributed by atoms with E-state index in [1.807, 2.05) is 23.1 Å². The number of para-hydroxylation sites is 1. The third kappa shape index (κ3) is 1.85. The molecule has 1 atom stereocenters. The normalized spacial score (nSPS) is 23.6. The Balaban J connectivity index is 2.01. The molecule has 1 unspecified atom stereocenters. The van der Waals surface area contributed by atoms with Gasteiger partial charge in [-0.2, -0.15) is 0 Å². The summed E-state index contributed by atoms with van der Waals surface area (Å²) in [4.78, 5) is 15.4. The smallest absolute Gasteiger partial charge is 0.240 e. The fraction of sp³-hybridized carbons (Fsp3) is 0.500. The van der Waals surface area contributed by atoms with Gasteiger partial charge in [-0.05, 0) is 44.2 Å². The molecule has 2 N–H and O–H groups in total. The molecule has 0 aromatic heterocycles. The number of hydrogen-bond donors (Lipinski definition) is 1. The van der Waals surface area contributed by atoms with Crippen LogP contribution in [-0.4, -0.2) is 16.9 Å². The van der Waals surface area contributed by atoms with Crippen molar-refractivity contribution in [1.29, 1.82) is 0 Å². The first-order chi connectivity index (χ1) is 9.56. The Kier molecular flexibility index (Phi) is 3.28. The van der Waals surface area contributed by atoms with Crippen molar-refractivity contribution in [3.05, 3.63) is 29.8 Å². The van der Waals surface area contributed by atoms with Gasteiger partial charge in [-0.15, -0.1) is 0 Å². The minimum Gasteiger partial charge on any atom is -0.392 e. The van der Waals surface area contributed by atoms with Crippen LogP contribution >= 0.6 is 12.2 Å². The predicted octanol–water partition coefficient (Wildman–Crippen LogP) is 2.81. The SMILES string of the molecule is CC1CCc2ccccc2N1C(=O)C1(C(N)=S)CCC1. The minimum atomic E-state index is -0.589. The summed E-state index contributed by atoms with van der Waals surface area (Å²) in [6, 6.07) is 8.38. The van der Waals surface area contributed by atoms with Gasteiger partial charge in [0.25, 0.3) is 0 Å². The zero-order valence-electron chi connectivity index (χ0n) is 11.8. The molecule has 1 aliphatic carbocycles. The van der Waals surface area contributed by atoms with E-state index >= 15 is 0 Å². The monoisotopic (exact) mass is 288 g/mol. The van der Waals surface area contributed by atoms with E-state index in [9.17, 15) is 4.79 Å². The van der Waals surface area contributed by atoms with E-state index in [1.54, 1.807) is 0 Å². The summed E-state index contributed by atoms with van der Waals surface area (Å²) in [5, 5.41) is 0. The summed E-state index contributed by atoms with van der Waals surface area (Å²) in [7, 11) is 0. The number of rotatable bonds is 2. The Labute approximate surface area is 125 Å². The first-order valence-electron chi connectivity index (χ1n) is 7.28. The zero-order valence-corrected chi connectivity index (χ0v) is 12.6. The molecule has 1 heterocycles.